The molecule has 1 aromatic rings. The first-order valence-electron chi connectivity index (χ1n) is 7.84. The molecule has 1 aliphatic carbocycles. The van der Waals surface area contributed by atoms with Crippen molar-refractivity contribution in [2.24, 2.45) is 11.8 Å². The molecule has 2 atom stereocenters. The molecule has 1 saturated carbocycles. The van der Waals surface area contributed by atoms with Crippen LogP contribution in [0.25, 0.3) is 0 Å². The first-order chi connectivity index (χ1) is 11.0. The van der Waals surface area contributed by atoms with Crippen molar-refractivity contribution in [1.29, 1.82) is 0 Å². The monoisotopic (exact) mass is 383 g/mol. The van der Waals surface area contributed by atoms with Gasteiger partial charge in [-0.2, -0.15) is 0 Å². The Labute approximate surface area is 144 Å². The van der Waals surface area contributed by atoms with Crippen LogP contribution in [0.15, 0.2) is 22.7 Å². The van der Waals surface area contributed by atoms with Crippen molar-refractivity contribution in [3.63, 3.8) is 0 Å². The Hall–Kier alpha value is -1.56. The lowest BCUT2D eigenvalue weighted by Gasteiger charge is -2.12. The number of aryl methyl sites for hydroxylation is 1. The van der Waals surface area contributed by atoms with Gasteiger partial charge >= 0.3 is 5.97 Å². The molecule has 0 aliphatic heterocycles. The van der Waals surface area contributed by atoms with E-state index < -0.39 is 5.97 Å². The number of carboxylic acid groups (broad SMARTS) is 1. The number of carboxylic acids is 1. The summed E-state index contributed by atoms with van der Waals surface area (Å²) in [6.45, 7) is 0.590. The molecule has 0 bridgehead atoms. The van der Waals surface area contributed by atoms with E-state index in [4.69, 9.17) is 9.84 Å². The third-order valence-corrected chi connectivity index (χ3v) is 4.82. The van der Waals surface area contributed by atoms with Crippen LogP contribution in [-0.4, -0.2) is 30.6 Å². The summed E-state index contributed by atoms with van der Waals surface area (Å²) >= 11 is 3.41. The van der Waals surface area contributed by atoms with Gasteiger partial charge in [-0.1, -0.05) is 22.0 Å². The van der Waals surface area contributed by atoms with Crippen LogP contribution in [0.1, 0.15) is 31.2 Å². The molecule has 1 aliphatic rings. The fourth-order valence-corrected chi connectivity index (χ4v) is 3.34. The minimum absolute atomic E-state index is 0.0171. The summed E-state index contributed by atoms with van der Waals surface area (Å²) < 4.78 is 6.32. The minimum Gasteiger partial charge on any atom is -0.496 e. The zero-order valence-corrected chi connectivity index (χ0v) is 14.8. The number of ether oxygens (including phenoxy) is 1. The number of hydrogen-bond donors (Lipinski definition) is 2. The highest BCUT2D eigenvalue weighted by molar-refractivity contribution is 9.10. The van der Waals surface area contributed by atoms with E-state index in [1.54, 1.807) is 7.11 Å². The van der Waals surface area contributed by atoms with Crippen molar-refractivity contribution in [3.8, 4) is 5.75 Å². The fraction of sp³-hybridized carbons (Fsp3) is 0.529. The number of aliphatic carboxylic acids is 1. The Morgan fingerprint density at radius 3 is 2.74 bits per heavy atom. The van der Waals surface area contributed by atoms with Crippen LogP contribution in [0.5, 0.6) is 5.75 Å². The molecule has 0 spiro atoms. The van der Waals surface area contributed by atoms with E-state index in [2.05, 4.69) is 21.2 Å². The second-order valence-electron chi connectivity index (χ2n) is 5.90. The average Bonchev–Trinajstić information content (AvgIpc) is 3.02. The SMILES string of the molecule is COc1cc(Br)ccc1CCCNC(=O)[C@@H]1CC[C@H](C(=O)O)C1. The van der Waals surface area contributed by atoms with Gasteiger partial charge in [-0.05, 0) is 49.8 Å². The zero-order chi connectivity index (χ0) is 16.8. The molecule has 2 rings (SSSR count). The Morgan fingerprint density at radius 2 is 2.09 bits per heavy atom. The Balaban J connectivity index is 1.73. The van der Waals surface area contributed by atoms with E-state index in [9.17, 15) is 9.59 Å². The van der Waals surface area contributed by atoms with E-state index in [1.165, 1.54) is 0 Å². The number of nitrogens with one attached hydrogen (secondary N) is 1. The van der Waals surface area contributed by atoms with Crippen molar-refractivity contribution < 1.29 is 19.4 Å². The van der Waals surface area contributed by atoms with E-state index in [1.807, 2.05) is 18.2 Å². The summed E-state index contributed by atoms with van der Waals surface area (Å²) in [4.78, 5) is 23.0. The van der Waals surface area contributed by atoms with Gasteiger partial charge in [0.15, 0.2) is 0 Å². The predicted octanol–water partition coefficient (Wildman–Crippen LogP) is 3.01. The molecule has 0 radical (unpaired) electrons. The number of carbonyl (C=O) groups is 2. The van der Waals surface area contributed by atoms with Gasteiger partial charge in [-0.25, -0.2) is 0 Å². The first-order valence-corrected chi connectivity index (χ1v) is 8.63. The highest BCUT2D eigenvalue weighted by Gasteiger charge is 2.33. The summed E-state index contributed by atoms with van der Waals surface area (Å²) in [5.41, 5.74) is 1.11. The van der Waals surface area contributed by atoms with Crippen LogP contribution in [0.2, 0.25) is 0 Å². The lowest BCUT2D eigenvalue weighted by atomic mass is 10.0. The Bertz CT molecular complexity index is 576. The summed E-state index contributed by atoms with van der Waals surface area (Å²) in [7, 11) is 1.64. The lowest BCUT2D eigenvalue weighted by molar-refractivity contribution is -0.141. The quantitative estimate of drug-likeness (QED) is 0.709. The van der Waals surface area contributed by atoms with Gasteiger partial charge in [-0.15, -0.1) is 0 Å². The highest BCUT2D eigenvalue weighted by atomic mass is 79.9. The number of hydrogen-bond acceptors (Lipinski definition) is 3. The maximum atomic E-state index is 12.1. The maximum Gasteiger partial charge on any atom is 0.306 e. The molecule has 0 heterocycles. The predicted molar refractivity (Wildman–Crippen MR) is 90.5 cm³/mol. The number of carbonyl (C=O) groups excluding carboxylic acids is 1. The average molecular weight is 384 g/mol. The molecule has 6 heteroatoms. The van der Waals surface area contributed by atoms with E-state index >= 15 is 0 Å². The minimum atomic E-state index is -0.789. The van der Waals surface area contributed by atoms with Gasteiger partial charge in [-0.3, -0.25) is 9.59 Å². The van der Waals surface area contributed by atoms with Crippen molar-refractivity contribution in [1.82, 2.24) is 5.32 Å². The second kappa shape index (κ2) is 8.34. The molecule has 0 aromatic heterocycles. The maximum absolute atomic E-state index is 12.1. The molecule has 5 nitrogen and oxygen atoms in total. The van der Waals surface area contributed by atoms with Gasteiger partial charge in [0.2, 0.25) is 5.91 Å². The number of amides is 1. The third-order valence-electron chi connectivity index (χ3n) is 4.32. The Morgan fingerprint density at radius 1 is 1.35 bits per heavy atom. The van der Waals surface area contributed by atoms with Crippen LogP contribution >= 0.6 is 15.9 Å². The highest BCUT2D eigenvalue weighted by Crippen LogP contribution is 2.31. The van der Waals surface area contributed by atoms with E-state index in [-0.39, 0.29) is 17.7 Å². The molecular formula is C17H22BrNO4. The first kappa shape index (κ1) is 17.8. The summed E-state index contributed by atoms with van der Waals surface area (Å²) in [6, 6.07) is 5.92. The summed E-state index contributed by atoms with van der Waals surface area (Å²) in [6.07, 6.45) is 3.37. The molecule has 23 heavy (non-hydrogen) atoms. The molecular weight excluding hydrogens is 362 g/mol. The van der Waals surface area contributed by atoms with Crippen LogP contribution < -0.4 is 10.1 Å². The van der Waals surface area contributed by atoms with Crippen LogP contribution in [-0.2, 0) is 16.0 Å². The second-order valence-corrected chi connectivity index (χ2v) is 6.81. The fourth-order valence-electron chi connectivity index (χ4n) is 3.00. The largest absolute Gasteiger partial charge is 0.496 e. The third kappa shape index (κ3) is 4.96. The lowest BCUT2D eigenvalue weighted by Crippen LogP contribution is -2.30. The van der Waals surface area contributed by atoms with Crippen molar-refractivity contribution >= 4 is 27.8 Å². The summed E-state index contributed by atoms with van der Waals surface area (Å²) in [5, 5.41) is 11.9. The standard InChI is InChI=1S/C17H22BrNO4/c1-23-15-10-14(18)7-6-11(15)3-2-8-19-16(20)12-4-5-13(9-12)17(21)22/h6-7,10,12-13H,2-5,8-9H2,1H3,(H,19,20)(H,21,22)/t12-,13+/m1/s1. The molecule has 0 saturated heterocycles. The van der Waals surface area contributed by atoms with Crippen molar-refractivity contribution in [2.45, 2.75) is 32.1 Å². The van der Waals surface area contributed by atoms with Gasteiger partial charge in [0.05, 0.1) is 13.0 Å². The summed E-state index contributed by atoms with van der Waals surface area (Å²) in [5.74, 6) is -0.485. The van der Waals surface area contributed by atoms with E-state index in [0.29, 0.717) is 25.8 Å². The van der Waals surface area contributed by atoms with Gasteiger partial charge < -0.3 is 15.2 Å². The number of rotatable bonds is 7. The van der Waals surface area contributed by atoms with Gasteiger partial charge in [0, 0.05) is 16.9 Å². The normalized spacial score (nSPS) is 20.3. The van der Waals surface area contributed by atoms with Crippen LogP contribution in [0.3, 0.4) is 0 Å². The van der Waals surface area contributed by atoms with Crippen LogP contribution in [0.4, 0.5) is 0 Å². The molecule has 1 fully saturated rings. The molecule has 2 N–H and O–H groups in total. The molecule has 1 amide bonds. The zero-order valence-electron chi connectivity index (χ0n) is 13.2. The van der Waals surface area contributed by atoms with E-state index in [0.717, 1.165) is 28.6 Å². The number of methoxy groups -OCH3 is 1. The molecule has 1 aromatic carbocycles. The van der Waals surface area contributed by atoms with Crippen molar-refractivity contribution in [3.05, 3.63) is 28.2 Å². The van der Waals surface area contributed by atoms with Crippen LogP contribution in [0, 0.1) is 11.8 Å². The Kier molecular flexibility index (Phi) is 6.45. The number of halogens is 1. The topological polar surface area (TPSA) is 75.6 Å². The smallest absolute Gasteiger partial charge is 0.306 e. The molecule has 126 valence electrons. The molecule has 0 unspecified atom stereocenters. The van der Waals surface area contributed by atoms with Crippen molar-refractivity contribution in [2.75, 3.05) is 13.7 Å². The van der Waals surface area contributed by atoms with Gasteiger partial charge in [0.1, 0.15) is 5.75 Å². The van der Waals surface area contributed by atoms with Gasteiger partial charge in [0.25, 0.3) is 0 Å². The number of benzene rings is 1.